The van der Waals surface area contributed by atoms with E-state index in [2.05, 4.69) is 65.8 Å². The molecule has 0 radical (unpaired) electrons. The molecule has 1 aliphatic heterocycles. The summed E-state index contributed by atoms with van der Waals surface area (Å²) in [5, 5.41) is 0. The first kappa shape index (κ1) is 31.2. The smallest absolute Gasteiger partial charge is 0.736 e. The van der Waals surface area contributed by atoms with Gasteiger partial charge in [0.25, 0.3) is 0 Å². The number of hydrogen-bond donors (Lipinski definition) is 0. The first-order valence-electron chi connectivity index (χ1n) is 14.9. The molecule has 4 nitrogen and oxygen atoms in total. The van der Waals surface area contributed by atoms with Crippen LogP contribution in [0.1, 0.15) is 151 Å². The van der Waals surface area contributed by atoms with Gasteiger partial charge >= 0.3 is 37.4 Å². The predicted octanol–water partition coefficient (Wildman–Crippen LogP) is 6.21. The van der Waals surface area contributed by atoms with E-state index in [1.165, 1.54) is 49.7 Å². The summed E-state index contributed by atoms with van der Waals surface area (Å²) in [5.74, 6) is 1.68. The van der Waals surface area contributed by atoms with Crippen LogP contribution >= 0.6 is 7.82 Å². The molecule has 1 heterocycles. The van der Waals surface area contributed by atoms with Crippen LogP contribution in [0.4, 0.5) is 0 Å². The van der Waals surface area contributed by atoms with Crippen molar-refractivity contribution in [3.05, 3.63) is 57.6 Å². The van der Waals surface area contributed by atoms with Crippen LogP contribution in [0.25, 0.3) is 0 Å². The van der Waals surface area contributed by atoms with Crippen molar-refractivity contribution in [2.75, 3.05) is 0 Å². The minimum absolute atomic E-state index is 0. The molecular formula is C33H46NaO4P. The fraction of sp³-hybridized carbons (Fsp3) is 0.636. The first-order chi connectivity index (χ1) is 17.8. The number of phosphoric acid groups is 1. The molecule has 3 aliphatic rings. The second kappa shape index (κ2) is 11.8. The Kier molecular flexibility index (Phi) is 9.47. The fourth-order valence-electron chi connectivity index (χ4n) is 6.66. The zero-order chi connectivity index (χ0) is 27.3. The van der Waals surface area contributed by atoms with Gasteiger partial charge in [-0.1, -0.05) is 104 Å². The summed E-state index contributed by atoms with van der Waals surface area (Å²) in [6.45, 7) is 13.4. The Hall–Kier alpha value is -0.770. The summed E-state index contributed by atoms with van der Waals surface area (Å²) in [6, 6.07) is 8.83. The fourth-order valence-corrected chi connectivity index (χ4v) is 7.59. The van der Waals surface area contributed by atoms with Gasteiger partial charge in [0.15, 0.2) is 0 Å². The van der Waals surface area contributed by atoms with Gasteiger partial charge in [0.2, 0.25) is 0 Å². The molecule has 0 aromatic heterocycles. The summed E-state index contributed by atoms with van der Waals surface area (Å²) in [4.78, 5) is 13.6. The molecule has 2 saturated carbocycles. The van der Waals surface area contributed by atoms with Crippen molar-refractivity contribution >= 4 is 7.82 Å². The van der Waals surface area contributed by atoms with Gasteiger partial charge in [0.05, 0.1) is 0 Å². The molecular weight excluding hydrogens is 514 g/mol. The number of phosphoric ester groups is 1. The van der Waals surface area contributed by atoms with Crippen molar-refractivity contribution in [2.24, 2.45) is 0 Å². The van der Waals surface area contributed by atoms with E-state index in [4.69, 9.17) is 9.05 Å². The van der Waals surface area contributed by atoms with Crippen LogP contribution in [0.5, 0.6) is 11.5 Å². The van der Waals surface area contributed by atoms with Crippen molar-refractivity contribution in [3.8, 4) is 11.5 Å². The summed E-state index contributed by atoms with van der Waals surface area (Å²) in [7, 11) is -4.64. The Morgan fingerprint density at radius 3 is 1.36 bits per heavy atom. The largest absolute Gasteiger partial charge is 1.00 e. The molecule has 208 valence electrons. The molecule has 0 bridgehead atoms. The predicted molar refractivity (Wildman–Crippen MR) is 154 cm³/mol. The van der Waals surface area contributed by atoms with Crippen molar-refractivity contribution in [1.29, 1.82) is 0 Å². The molecule has 5 rings (SSSR count). The van der Waals surface area contributed by atoms with Gasteiger partial charge in [-0.05, 0) is 81.7 Å². The second-order valence-corrected chi connectivity index (χ2v) is 15.3. The Bertz CT molecular complexity index is 1140. The van der Waals surface area contributed by atoms with Gasteiger partial charge in [-0.25, -0.2) is 4.57 Å². The summed E-state index contributed by atoms with van der Waals surface area (Å²) >= 11 is 0. The third-order valence-electron chi connectivity index (χ3n) is 9.00. The van der Waals surface area contributed by atoms with Crippen molar-refractivity contribution in [3.63, 3.8) is 0 Å². The van der Waals surface area contributed by atoms with E-state index in [1.807, 2.05) is 0 Å². The van der Waals surface area contributed by atoms with E-state index in [-0.39, 0.29) is 40.4 Å². The van der Waals surface area contributed by atoms with Crippen LogP contribution in [-0.4, -0.2) is 0 Å². The van der Waals surface area contributed by atoms with Crippen molar-refractivity contribution < 1.29 is 48.1 Å². The van der Waals surface area contributed by atoms with E-state index >= 15 is 0 Å². The van der Waals surface area contributed by atoms with Gasteiger partial charge in [-0.2, -0.15) is 0 Å². The minimum atomic E-state index is -4.64. The van der Waals surface area contributed by atoms with E-state index in [0.717, 1.165) is 47.9 Å². The molecule has 2 aromatic carbocycles. The average Bonchev–Trinajstić information content (AvgIpc) is 2.84. The Morgan fingerprint density at radius 2 is 1.03 bits per heavy atom. The molecule has 2 aromatic rings. The minimum Gasteiger partial charge on any atom is -0.736 e. The summed E-state index contributed by atoms with van der Waals surface area (Å²) in [5.41, 5.74) is 6.42. The number of benzene rings is 2. The standard InChI is InChI=1S/C33H47O4P.Na/c1-32(2,3)26-18-24-17-25-19-27(33(4,5)6)21-29(23-15-11-8-12-16-23)31(25)37-38(34,35)36-30(24)28(20-26)22-13-9-7-10-14-22;/h18-23H,7-17H2,1-6H3,(H,34,35);/q;+1/p-1. The van der Waals surface area contributed by atoms with Crippen LogP contribution in [0.15, 0.2) is 24.3 Å². The molecule has 0 unspecified atom stereocenters. The van der Waals surface area contributed by atoms with Crippen LogP contribution in [0, 0.1) is 0 Å². The van der Waals surface area contributed by atoms with Gasteiger partial charge in [0.1, 0.15) is 11.5 Å². The van der Waals surface area contributed by atoms with Crippen LogP contribution in [0.3, 0.4) is 0 Å². The van der Waals surface area contributed by atoms with Crippen LogP contribution in [-0.2, 0) is 21.8 Å². The average molecular weight is 561 g/mol. The summed E-state index contributed by atoms with van der Waals surface area (Å²) < 4.78 is 25.5. The maximum Gasteiger partial charge on any atom is 1.00 e. The zero-order valence-electron chi connectivity index (χ0n) is 25.3. The molecule has 6 heteroatoms. The third-order valence-corrected chi connectivity index (χ3v) is 9.81. The quantitative estimate of drug-likeness (QED) is 0.324. The molecule has 2 aliphatic carbocycles. The van der Waals surface area contributed by atoms with E-state index in [0.29, 0.717) is 29.8 Å². The molecule has 0 N–H and O–H groups in total. The Labute approximate surface area is 258 Å². The molecule has 2 fully saturated rings. The zero-order valence-corrected chi connectivity index (χ0v) is 28.2. The Morgan fingerprint density at radius 1 is 0.667 bits per heavy atom. The van der Waals surface area contributed by atoms with Gasteiger partial charge in [-0.15, -0.1) is 0 Å². The SMILES string of the molecule is CC(C)(C)c1cc2c(c(C3CCCCC3)c1)OP(=O)([O-])Oc1c(cc(C(C)(C)C)cc1C1CCCCC1)C2.[Na+]. The van der Waals surface area contributed by atoms with Gasteiger partial charge in [0, 0.05) is 6.42 Å². The van der Waals surface area contributed by atoms with Crippen molar-refractivity contribution in [2.45, 2.75) is 135 Å². The van der Waals surface area contributed by atoms with E-state index in [9.17, 15) is 9.46 Å². The molecule has 0 amide bonds. The number of rotatable bonds is 2. The van der Waals surface area contributed by atoms with Crippen molar-refractivity contribution in [1.82, 2.24) is 0 Å². The molecule has 0 saturated heterocycles. The first-order valence-corrected chi connectivity index (χ1v) is 16.3. The van der Waals surface area contributed by atoms with Gasteiger partial charge < -0.3 is 13.9 Å². The van der Waals surface area contributed by atoms with E-state index < -0.39 is 7.82 Å². The van der Waals surface area contributed by atoms with Crippen LogP contribution in [0.2, 0.25) is 0 Å². The van der Waals surface area contributed by atoms with Crippen LogP contribution < -0.4 is 43.5 Å². The normalized spacial score (nSPS) is 20.4. The number of fused-ring (bicyclic) bond motifs is 2. The third kappa shape index (κ3) is 7.00. The summed E-state index contributed by atoms with van der Waals surface area (Å²) in [6.07, 6.45) is 12.1. The maximum absolute atomic E-state index is 13.6. The maximum atomic E-state index is 13.6. The molecule has 39 heavy (non-hydrogen) atoms. The molecule has 0 atom stereocenters. The molecule has 0 spiro atoms. The second-order valence-electron chi connectivity index (χ2n) is 14.1. The van der Waals surface area contributed by atoms with Gasteiger partial charge in [-0.3, -0.25) is 0 Å². The van der Waals surface area contributed by atoms with E-state index in [1.54, 1.807) is 0 Å². The topological polar surface area (TPSA) is 58.6 Å². The monoisotopic (exact) mass is 560 g/mol. The number of hydrogen-bond acceptors (Lipinski definition) is 4. The Balaban J connectivity index is 0.00000353.